The largest absolute Gasteiger partial charge is 0.394 e. The van der Waals surface area contributed by atoms with Gasteiger partial charge in [-0.3, -0.25) is 0 Å². The van der Waals surface area contributed by atoms with E-state index in [2.05, 4.69) is 0 Å². The number of aliphatic hydroxyl groups is 3. The average Bonchev–Trinajstić information content (AvgIpc) is 2.56. The van der Waals surface area contributed by atoms with E-state index in [1.54, 1.807) is 0 Å². The minimum Gasteiger partial charge on any atom is -0.394 e. The van der Waals surface area contributed by atoms with Gasteiger partial charge in [-0.25, -0.2) is 0 Å². The minimum absolute atomic E-state index is 0.326. The topological polar surface area (TPSA) is 79.2 Å². The molecule has 1 aliphatic heterocycles. The molecule has 16 heavy (non-hydrogen) atoms. The number of aliphatic hydroxyl groups excluding tert-OH is 3. The van der Waals surface area contributed by atoms with Gasteiger partial charge >= 0.3 is 0 Å². The van der Waals surface area contributed by atoms with Crippen molar-refractivity contribution < 1.29 is 24.8 Å². The third-order valence-electron chi connectivity index (χ3n) is 3.39. The molecule has 1 saturated heterocycles. The molecule has 0 bridgehead atoms. The Morgan fingerprint density at radius 3 is 2.12 bits per heavy atom. The van der Waals surface area contributed by atoms with Crippen LogP contribution >= 0.6 is 0 Å². The van der Waals surface area contributed by atoms with Crippen molar-refractivity contribution in [3.63, 3.8) is 0 Å². The molecular weight excluding hydrogens is 212 g/mol. The van der Waals surface area contributed by atoms with Crippen LogP contribution in [0.5, 0.6) is 0 Å². The van der Waals surface area contributed by atoms with E-state index in [1.165, 1.54) is 0 Å². The van der Waals surface area contributed by atoms with Gasteiger partial charge in [0.15, 0.2) is 6.29 Å². The standard InChI is InChI=1S/C11H22O5/c1-4-11(3,5-2)16-10-9(14)8(13)7(6-12)15-10/h7-10,12-14H,4-6H2,1-3H3/t7-,8+,9-,10?/m1/s1. The van der Waals surface area contributed by atoms with Crippen LogP contribution in [0.4, 0.5) is 0 Å². The molecular formula is C11H22O5. The second kappa shape index (κ2) is 5.42. The molecule has 3 N–H and O–H groups in total. The Hall–Kier alpha value is -0.200. The molecule has 0 amide bonds. The Morgan fingerprint density at radius 2 is 1.75 bits per heavy atom. The van der Waals surface area contributed by atoms with Crippen molar-refractivity contribution in [2.75, 3.05) is 6.61 Å². The summed E-state index contributed by atoms with van der Waals surface area (Å²) in [5.41, 5.74) is -0.379. The Kier molecular flexibility index (Phi) is 4.70. The maximum Gasteiger partial charge on any atom is 0.187 e. The second-order valence-corrected chi connectivity index (χ2v) is 4.48. The first-order valence-electron chi connectivity index (χ1n) is 5.77. The Morgan fingerprint density at radius 1 is 1.19 bits per heavy atom. The van der Waals surface area contributed by atoms with E-state index in [0.717, 1.165) is 12.8 Å². The summed E-state index contributed by atoms with van der Waals surface area (Å²) in [4.78, 5) is 0. The lowest BCUT2D eigenvalue weighted by atomic mass is 10.00. The fourth-order valence-corrected chi connectivity index (χ4v) is 1.66. The highest BCUT2D eigenvalue weighted by Gasteiger charge is 2.45. The molecule has 5 nitrogen and oxygen atoms in total. The molecule has 1 rings (SSSR count). The van der Waals surface area contributed by atoms with Crippen molar-refractivity contribution in [2.45, 2.75) is 63.8 Å². The zero-order valence-electron chi connectivity index (χ0n) is 10.1. The summed E-state index contributed by atoms with van der Waals surface area (Å²) >= 11 is 0. The van der Waals surface area contributed by atoms with E-state index in [0.29, 0.717) is 0 Å². The number of hydrogen-bond acceptors (Lipinski definition) is 5. The number of rotatable bonds is 5. The molecule has 1 unspecified atom stereocenters. The Balaban J connectivity index is 2.62. The number of ether oxygens (including phenoxy) is 2. The third-order valence-corrected chi connectivity index (χ3v) is 3.39. The fourth-order valence-electron chi connectivity index (χ4n) is 1.66. The summed E-state index contributed by atoms with van der Waals surface area (Å²) in [6.07, 6.45) is -2.25. The molecule has 0 aromatic rings. The van der Waals surface area contributed by atoms with Gasteiger partial charge in [0.25, 0.3) is 0 Å². The van der Waals surface area contributed by atoms with Crippen molar-refractivity contribution in [3.05, 3.63) is 0 Å². The lowest BCUT2D eigenvalue weighted by Gasteiger charge is -2.31. The average molecular weight is 234 g/mol. The van der Waals surface area contributed by atoms with Crippen molar-refractivity contribution >= 4 is 0 Å². The van der Waals surface area contributed by atoms with Gasteiger partial charge in [-0.05, 0) is 19.8 Å². The van der Waals surface area contributed by atoms with Crippen LogP contribution in [0.2, 0.25) is 0 Å². The van der Waals surface area contributed by atoms with E-state index >= 15 is 0 Å². The van der Waals surface area contributed by atoms with Crippen molar-refractivity contribution in [1.29, 1.82) is 0 Å². The molecule has 1 aliphatic rings. The van der Waals surface area contributed by atoms with Crippen LogP contribution in [0.15, 0.2) is 0 Å². The number of hydrogen-bond donors (Lipinski definition) is 3. The molecule has 0 aromatic heterocycles. The lowest BCUT2D eigenvalue weighted by molar-refractivity contribution is -0.226. The first-order valence-corrected chi connectivity index (χ1v) is 5.77. The summed E-state index contributed by atoms with van der Waals surface area (Å²) in [5.74, 6) is 0. The van der Waals surface area contributed by atoms with E-state index in [1.807, 2.05) is 20.8 Å². The predicted molar refractivity (Wildman–Crippen MR) is 57.8 cm³/mol. The minimum atomic E-state index is -1.10. The summed E-state index contributed by atoms with van der Waals surface area (Å²) < 4.78 is 10.9. The van der Waals surface area contributed by atoms with Crippen LogP contribution < -0.4 is 0 Å². The highest BCUT2D eigenvalue weighted by Crippen LogP contribution is 2.29. The molecule has 1 fully saturated rings. The van der Waals surface area contributed by atoms with Crippen LogP contribution in [0.25, 0.3) is 0 Å². The third kappa shape index (κ3) is 2.73. The molecule has 0 spiro atoms. The second-order valence-electron chi connectivity index (χ2n) is 4.48. The van der Waals surface area contributed by atoms with Crippen molar-refractivity contribution in [3.8, 4) is 0 Å². The SMILES string of the molecule is CCC(C)(CC)OC1O[C@H](CO)[C@H](O)[C@H]1O. The Labute approximate surface area is 96.0 Å². The normalized spacial score (nSPS) is 35.6. The van der Waals surface area contributed by atoms with Crippen LogP contribution in [-0.4, -0.2) is 52.1 Å². The van der Waals surface area contributed by atoms with Gasteiger partial charge in [-0.15, -0.1) is 0 Å². The zero-order valence-corrected chi connectivity index (χ0v) is 10.1. The molecule has 0 saturated carbocycles. The first-order chi connectivity index (χ1) is 7.47. The van der Waals surface area contributed by atoms with Gasteiger partial charge in [0.05, 0.1) is 12.2 Å². The highest BCUT2D eigenvalue weighted by atomic mass is 16.7. The van der Waals surface area contributed by atoms with Crippen LogP contribution in [0.3, 0.4) is 0 Å². The highest BCUT2D eigenvalue weighted by molar-refractivity contribution is 4.88. The van der Waals surface area contributed by atoms with Gasteiger partial charge in [0.2, 0.25) is 0 Å². The van der Waals surface area contributed by atoms with Gasteiger partial charge in [0.1, 0.15) is 18.3 Å². The zero-order chi connectivity index (χ0) is 12.3. The van der Waals surface area contributed by atoms with Crippen molar-refractivity contribution in [2.24, 2.45) is 0 Å². The van der Waals surface area contributed by atoms with E-state index in [9.17, 15) is 10.2 Å². The summed E-state index contributed by atoms with van der Waals surface area (Å²) in [6, 6.07) is 0. The monoisotopic (exact) mass is 234 g/mol. The smallest absolute Gasteiger partial charge is 0.187 e. The van der Waals surface area contributed by atoms with E-state index in [4.69, 9.17) is 14.6 Å². The molecule has 4 atom stereocenters. The molecule has 1 heterocycles. The molecule has 0 radical (unpaired) electrons. The molecule has 96 valence electrons. The first kappa shape index (κ1) is 13.9. The van der Waals surface area contributed by atoms with E-state index < -0.39 is 24.6 Å². The van der Waals surface area contributed by atoms with Gasteiger partial charge in [0, 0.05) is 0 Å². The van der Waals surface area contributed by atoms with Crippen LogP contribution in [0.1, 0.15) is 33.6 Å². The molecule has 0 aliphatic carbocycles. The van der Waals surface area contributed by atoms with Gasteiger partial charge in [-0.2, -0.15) is 0 Å². The van der Waals surface area contributed by atoms with Gasteiger partial charge in [-0.1, -0.05) is 13.8 Å². The predicted octanol–water partition coefficient (Wildman–Crippen LogP) is 0.0207. The molecule has 0 aromatic carbocycles. The Bertz CT molecular complexity index is 216. The lowest BCUT2D eigenvalue weighted by Crippen LogP contribution is -2.39. The summed E-state index contributed by atoms with van der Waals surface area (Å²) in [5, 5.41) is 28.2. The molecule has 5 heteroatoms. The fraction of sp³-hybridized carbons (Fsp3) is 1.00. The van der Waals surface area contributed by atoms with Crippen molar-refractivity contribution in [1.82, 2.24) is 0 Å². The van der Waals surface area contributed by atoms with Crippen LogP contribution in [0, 0.1) is 0 Å². The van der Waals surface area contributed by atoms with E-state index in [-0.39, 0.29) is 12.2 Å². The van der Waals surface area contributed by atoms with Gasteiger partial charge < -0.3 is 24.8 Å². The van der Waals surface area contributed by atoms with Crippen LogP contribution in [-0.2, 0) is 9.47 Å². The maximum absolute atomic E-state index is 9.70. The maximum atomic E-state index is 9.70. The summed E-state index contributed by atoms with van der Waals surface area (Å²) in [6.45, 7) is 5.59. The summed E-state index contributed by atoms with van der Waals surface area (Å²) in [7, 11) is 0. The quantitative estimate of drug-likeness (QED) is 0.625.